The number of carboxylic acid groups (broad SMARTS) is 1. The van der Waals surface area contributed by atoms with Crippen LogP contribution in [0.2, 0.25) is 0 Å². The van der Waals surface area contributed by atoms with Gasteiger partial charge >= 0.3 is 17.6 Å². The maximum atomic E-state index is 11.8. The van der Waals surface area contributed by atoms with Crippen molar-refractivity contribution < 1.29 is 19.4 Å². The summed E-state index contributed by atoms with van der Waals surface area (Å²) in [5.74, 6) is -1.69. The number of aromatic nitrogens is 2. The Kier molecular flexibility index (Phi) is 3.37. The lowest BCUT2D eigenvalue weighted by Crippen LogP contribution is -2.23. The Morgan fingerprint density at radius 1 is 1.42 bits per heavy atom. The van der Waals surface area contributed by atoms with Gasteiger partial charge in [-0.25, -0.2) is 9.59 Å². The molecule has 1 aromatic heterocycles. The normalized spacial score (nSPS) is 10.6. The average molecular weight is 264 g/mol. The molecule has 19 heavy (non-hydrogen) atoms. The number of ether oxygens (including phenoxy) is 1. The maximum Gasteiger partial charge on any atom is 0.337 e. The van der Waals surface area contributed by atoms with E-state index in [0.717, 1.165) is 4.57 Å². The fourth-order valence-electron chi connectivity index (χ4n) is 1.85. The lowest BCUT2D eigenvalue weighted by molar-refractivity contribution is -0.143. The molecular formula is C12H12N2O5. The lowest BCUT2D eigenvalue weighted by Gasteiger charge is -2.03. The van der Waals surface area contributed by atoms with Crippen LogP contribution in [-0.2, 0) is 16.1 Å². The van der Waals surface area contributed by atoms with Crippen LogP contribution in [-0.4, -0.2) is 33.2 Å². The smallest absolute Gasteiger partial charge is 0.337 e. The van der Waals surface area contributed by atoms with Crippen LogP contribution in [0.25, 0.3) is 11.0 Å². The van der Waals surface area contributed by atoms with Crippen LogP contribution < -0.4 is 5.69 Å². The van der Waals surface area contributed by atoms with Gasteiger partial charge in [-0.2, -0.15) is 0 Å². The van der Waals surface area contributed by atoms with Crippen LogP contribution in [0.5, 0.6) is 0 Å². The number of aromatic carboxylic acids is 1. The molecule has 1 heterocycles. The third-order valence-electron chi connectivity index (χ3n) is 2.63. The number of hydrogen-bond acceptors (Lipinski definition) is 4. The first-order chi connectivity index (χ1) is 9.04. The zero-order valence-electron chi connectivity index (χ0n) is 10.2. The molecule has 0 atom stereocenters. The van der Waals surface area contributed by atoms with Gasteiger partial charge < -0.3 is 14.8 Å². The van der Waals surface area contributed by atoms with E-state index in [1.807, 2.05) is 0 Å². The van der Waals surface area contributed by atoms with Crippen LogP contribution in [0.3, 0.4) is 0 Å². The number of nitrogens with one attached hydrogen (secondary N) is 1. The van der Waals surface area contributed by atoms with Crippen molar-refractivity contribution >= 4 is 23.0 Å². The van der Waals surface area contributed by atoms with Crippen molar-refractivity contribution in [1.29, 1.82) is 0 Å². The third kappa shape index (κ3) is 2.35. The first-order valence-electron chi connectivity index (χ1n) is 5.65. The molecule has 7 nitrogen and oxygen atoms in total. The summed E-state index contributed by atoms with van der Waals surface area (Å²) in [7, 11) is 0. The molecule has 0 saturated heterocycles. The lowest BCUT2D eigenvalue weighted by atomic mass is 10.2. The molecule has 2 aromatic rings. The number of nitrogens with zero attached hydrogens (tertiary/aromatic N) is 1. The van der Waals surface area contributed by atoms with Gasteiger partial charge in [-0.3, -0.25) is 9.36 Å². The Morgan fingerprint density at radius 3 is 2.79 bits per heavy atom. The molecule has 0 fully saturated rings. The van der Waals surface area contributed by atoms with Crippen molar-refractivity contribution in [2.75, 3.05) is 6.61 Å². The summed E-state index contributed by atoms with van der Waals surface area (Å²) in [5.41, 5.74) is -0.00351. The highest BCUT2D eigenvalue weighted by Gasteiger charge is 2.16. The van der Waals surface area contributed by atoms with Crippen molar-refractivity contribution in [3.63, 3.8) is 0 Å². The van der Waals surface area contributed by atoms with Gasteiger partial charge in [0, 0.05) is 0 Å². The Morgan fingerprint density at radius 2 is 2.16 bits per heavy atom. The molecule has 0 spiro atoms. The van der Waals surface area contributed by atoms with Gasteiger partial charge in [-0.1, -0.05) is 6.07 Å². The number of benzene rings is 1. The van der Waals surface area contributed by atoms with Gasteiger partial charge in [-0.15, -0.1) is 0 Å². The predicted octanol–water partition coefficient (Wildman–Crippen LogP) is 0.591. The van der Waals surface area contributed by atoms with E-state index in [-0.39, 0.29) is 24.2 Å². The maximum absolute atomic E-state index is 11.8. The van der Waals surface area contributed by atoms with Gasteiger partial charge in [0.1, 0.15) is 6.54 Å². The van der Waals surface area contributed by atoms with E-state index in [4.69, 9.17) is 9.84 Å². The number of hydrogen-bond donors (Lipinski definition) is 2. The van der Waals surface area contributed by atoms with E-state index < -0.39 is 17.6 Å². The number of aromatic amines is 1. The molecule has 0 saturated carbocycles. The SMILES string of the molecule is CCOC(=O)Cn1c(=O)[nH]c2c(C(=O)O)cccc21. The summed E-state index contributed by atoms with van der Waals surface area (Å²) < 4.78 is 5.92. The van der Waals surface area contributed by atoms with Gasteiger partial charge in [0.25, 0.3) is 0 Å². The number of H-pyrrole nitrogens is 1. The fraction of sp³-hybridized carbons (Fsp3) is 0.250. The molecule has 0 aliphatic heterocycles. The molecule has 0 aliphatic carbocycles. The monoisotopic (exact) mass is 264 g/mol. The molecule has 100 valence electrons. The van der Waals surface area contributed by atoms with E-state index in [9.17, 15) is 14.4 Å². The van der Waals surface area contributed by atoms with Crippen molar-refractivity contribution in [2.24, 2.45) is 0 Å². The molecule has 2 N–H and O–H groups in total. The largest absolute Gasteiger partial charge is 0.478 e. The molecule has 7 heteroatoms. The summed E-state index contributed by atoms with van der Waals surface area (Å²) in [6.45, 7) is 1.63. The van der Waals surface area contributed by atoms with Crippen LogP contribution in [0.4, 0.5) is 0 Å². The standard InChI is InChI=1S/C12H12N2O5/c1-2-19-9(15)6-14-8-5-3-4-7(11(16)17)10(8)13-12(14)18/h3-5H,2,6H2,1H3,(H,13,18)(H,16,17). The second kappa shape index (κ2) is 4.97. The number of carbonyl (C=O) groups excluding carboxylic acids is 1. The highest BCUT2D eigenvalue weighted by molar-refractivity contribution is 6.01. The number of fused-ring (bicyclic) bond motifs is 1. The number of rotatable bonds is 4. The number of carbonyl (C=O) groups is 2. The Labute approximate surface area is 107 Å². The van der Waals surface area contributed by atoms with E-state index in [1.54, 1.807) is 13.0 Å². The molecular weight excluding hydrogens is 252 g/mol. The molecule has 0 unspecified atom stereocenters. The van der Waals surface area contributed by atoms with Gasteiger partial charge in [-0.05, 0) is 19.1 Å². The van der Waals surface area contributed by atoms with Gasteiger partial charge in [0.2, 0.25) is 0 Å². The number of para-hydroxylation sites is 1. The summed E-state index contributed by atoms with van der Waals surface area (Å²) in [6.07, 6.45) is 0. The second-order valence-electron chi connectivity index (χ2n) is 3.83. The van der Waals surface area contributed by atoms with Crippen molar-refractivity contribution in [3.05, 3.63) is 34.2 Å². The quantitative estimate of drug-likeness (QED) is 0.787. The molecule has 0 bridgehead atoms. The Hall–Kier alpha value is -2.57. The van der Waals surface area contributed by atoms with Crippen LogP contribution in [0.15, 0.2) is 23.0 Å². The van der Waals surface area contributed by atoms with Gasteiger partial charge in [0.15, 0.2) is 0 Å². The second-order valence-corrected chi connectivity index (χ2v) is 3.83. The van der Waals surface area contributed by atoms with Crippen LogP contribution in [0.1, 0.15) is 17.3 Å². The minimum absolute atomic E-state index is 0.0165. The molecule has 0 aliphatic rings. The fourth-order valence-corrected chi connectivity index (χ4v) is 1.85. The number of esters is 1. The number of carboxylic acids is 1. The molecule has 0 amide bonds. The topological polar surface area (TPSA) is 101 Å². The summed E-state index contributed by atoms with van der Waals surface area (Å²) in [6, 6.07) is 4.47. The summed E-state index contributed by atoms with van der Waals surface area (Å²) in [4.78, 5) is 36.7. The summed E-state index contributed by atoms with van der Waals surface area (Å²) >= 11 is 0. The van der Waals surface area contributed by atoms with Crippen molar-refractivity contribution in [2.45, 2.75) is 13.5 Å². The van der Waals surface area contributed by atoms with Crippen molar-refractivity contribution in [1.82, 2.24) is 9.55 Å². The third-order valence-corrected chi connectivity index (χ3v) is 2.63. The van der Waals surface area contributed by atoms with E-state index in [2.05, 4.69) is 4.98 Å². The average Bonchev–Trinajstić information content (AvgIpc) is 2.66. The minimum atomic E-state index is -1.14. The zero-order chi connectivity index (χ0) is 14.0. The molecule has 2 rings (SSSR count). The van der Waals surface area contributed by atoms with E-state index in [1.165, 1.54) is 12.1 Å². The van der Waals surface area contributed by atoms with E-state index >= 15 is 0 Å². The highest BCUT2D eigenvalue weighted by Crippen LogP contribution is 2.15. The Balaban J connectivity index is 2.54. The minimum Gasteiger partial charge on any atom is -0.478 e. The van der Waals surface area contributed by atoms with E-state index in [0.29, 0.717) is 5.52 Å². The van der Waals surface area contributed by atoms with Crippen molar-refractivity contribution in [3.8, 4) is 0 Å². The van der Waals surface area contributed by atoms with Crippen LogP contribution in [0, 0.1) is 0 Å². The highest BCUT2D eigenvalue weighted by atomic mass is 16.5. The first kappa shape index (κ1) is 12.9. The molecule has 1 aromatic carbocycles. The number of imidazole rings is 1. The summed E-state index contributed by atoms with van der Waals surface area (Å²) in [5, 5.41) is 9.03. The predicted molar refractivity (Wildman–Crippen MR) is 66.2 cm³/mol. The van der Waals surface area contributed by atoms with Crippen LogP contribution >= 0.6 is 0 Å². The van der Waals surface area contributed by atoms with Gasteiger partial charge in [0.05, 0.1) is 23.2 Å². The molecule has 0 radical (unpaired) electrons. The Bertz CT molecular complexity index is 698. The first-order valence-corrected chi connectivity index (χ1v) is 5.65. The zero-order valence-corrected chi connectivity index (χ0v) is 10.2.